The van der Waals surface area contributed by atoms with Crippen molar-refractivity contribution in [2.45, 2.75) is 32.2 Å². The van der Waals surface area contributed by atoms with E-state index in [1.54, 1.807) is 7.05 Å². The second-order valence-electron chi connectivity index (χ2n) is 6.40. The highest BCUT2D eigenvalue weighted by Crippen LogP contribution is 2.49. The Kier molecular flexibility index (Phi) is 3.54. The van der Waals surface area contributed by atoms with E-state index < -0.39 is 0 Å². The number of hydrogen-bond acceptors (Lipinski definition) is 3. The number of carbonyl (C=O) groups excluding carboxylic acids is 1. The van der Waals surface area contributed by atoms with Crippen LogP contribution in [0.5, 0.6) is 0 Å². The summed E-state index contributed by atoms with van der Waals surface area (Å²) in [5, 5.41) is 7.09. The largest absolute Gasteiger partial charge is 0.359 e. The molecular formula is C15H24N4O. The Bertz CT molecular complexity index is 498. The van der Waals surface area contributed by atoms with Crippen LogP contribution in [-0.4, -0.2) is 40.7 Å². The zero-order chi connectivity index (χ0) is 14.2. The number of amides is 1. The average molecular weight is 276 g/mol. The molecule has 1 amide bonds. The van der Waals surface area contributed by atoms with E-state index >= 15 is 0 Å². The third-order valence-corrected chi connectivity index (χ3v) is 5.10. The lowest BCUT2D eigenvalue weighted by atomic mass is 9.76. The van der Waals surface area contributed by atoms with Crippen molar-refractivity contribution in [3.05, 3.63) is 18.0 Å². The molecule has 1 spiro atoms. The van der Waals surface area contributed by atoms with Crippen LogP contribution < -0.4 is 5.32 Å². The quantitative estimate of drug-likeness (QED) is 0.901. The highest BCUT2D eigenvalue weighted by molar-refractivity contribution is 5.79. The molecule has 110 valence electrons. The van der Waals surface area contributed by atoms with Gasteiger partial charge in [-0.05, 0) is 31.2 Å². The van der Waals surface area contributed by atoms with Crippen LogP contribution in [0.2, 0.25) is 0 Å². The number of rotatable bonds is 3. The van der Waals surface area contributed by atoms with Gasteiger partial charge in [0.15, 0.2) is 0 Å². The van der Waals surface area contributed by atoms with Gasteiger partial charge in [0.25, 0.3) is 0 Å². The van der Waals surface area contributed by atoms with Crippen LogP contribution in [0.25, 0.3) is 0 Å². The highest BCUT2D eigenvalue weighted by Gasteiger charge is 2.49. The molecule has 0 radical (unpaired) electrons. The smallest absolute Gasteiger partial charge is 0.223 e. The van der Waals surface area contributed by atoms with Gasteiger partial charge in [-0.3, -0.25) is 14.4 Å². The van der Waals surface area contributed by atoms with Crippen molar-refractivity contribution >= 4 is 5.91 Å². The molecule has 1 saturated heterocycles. The Balaban J connectivity index is 1.67. The van der Waals surface area contributed by atoms with Crippen LogP contribution in [0, 0.1) is 11.3 Å². The number of carbonyl (C=O) groups is 1. The Hall–Kier alpha value is -1.36. The summed E-state index contributed by atoms with van der Waals surface area (Å²) in [5.74, 6) is 0.456. The van der Waals surface area contributed by atoms with Crippen LogP contribution in [0.1, 0.15) is 31.2 Å². The van der Waals surface area contributed by atoms with Crippen LogP contribution in [-0.2, 0) is 18.4 Å². The summed E-state index contributed by atoms with van der Waals surface area (Å²) in [7, 11) is 3.71. The van der Waals surface area contributed by atoms with Gasteiger partial charge in [-0.2, -0.15) is 5.10 Å². The number of hydrogen-bond donors (Lipinski definition) is 1. The molecule has 2 atom stereocenters. The van der Waals surface area contributed by atoms with Crippen molar-refractivity contribution in [1.29, 1.82) is 0 Å². The molecule has 5 heteroatoms. The Morgan fingerprint density at radius 2 is 2.40 bits per heavy atom. The second-order valence-corrected chi connectivity index (χ2v) is 6.40. The van der Waals surface area contributed by atoms with Crippen molar-refractivity contribution in [2.24, 2.45) is 18.4 Å². The average Bonchev–Trinajstić information content (AvgIpc) is 3.13. The minimum atomic E-state index is 0.214. The number of aromatic nitrogens is 2. The maximum Gasteiger partial charge on any atom is 0.223 e. The zero-order valence-corrected chi connectivity index (χ0v) is 12.4. The van der Waals surface area contributed by atoms with Crippen molar-refractivity contribution in [1.82, 2.24) is 20.0 Å². The molecule has 20 heavy (non-hydrogen) atoms. The fourth-order valence-electron chi connectivity index (χ4n) is 4.14. The molecule has 1 saturated carbocycles. The Morgan fingerprint density at radius 3 is 3.10 bits per heavy atom. The van der Waals surface area contributed by atoms with Crippen LogP contribution >= 0.6 is 0 Å². The third-order valence-electron chi connectivity index (χ3n) is 5.10. The first-order valence-corrected chi connectivity index (χ1v) is 7.54. The molecule has 2 aliphatic rings. The predicted octanol–water partition coefficient (Wildman–Crippen LogP) is 1.16. The van der Waals surface area contributed by atoms with Gasteiger partial charge in [0.1, 0.15) is 0 Å². The van der Waals surface area contributed by atoms with E-state index in [1.165, 1.54) is 18.4 Å². The van der Waals surface area contributed by atoms with E-state index in [-0.39, 0.29) is 17.2 Å². The number of aryl methyl sites for hydroxylation is 1. The summed E-state index contributed by atoms with van der Waals surface area (Å²) in [6, 6.07) is 0. The van der Waals surface area contributed by atoms with Crippen molar-refractivity contribution in [3.8, 4) is 0 Å². The van der Waals surface area contributed by atoms with Crippen molar-refractivity contribution in [3.63, 3.8) is 0 Å². The summed E-state index contributed by atoms with van der Waals surface area (Å²) < 4.78 is 1.85. The topological polar surface area (TPSA) is 50.2 Å². The lowest BCUT2D eigenvalue weighted by Gasteiger charge is -2.30. The maximum atomic E-state index is 12.1. The standard InChI is InChI=1S/C15H24N4O/c1-16-14(20)13-4-3-5-15(13)6-7-19(11-15)10-12-8-17-18(2)9-12/h8-9,13H,3-7,10-11H2,1-2H3,(H,16,20)/t13-,15+/m1/s1. The number of nitrogens with zero attached hydrogens (tertiary/aromatic N) is 3. The van der Waals surface area contributed by atoms with E-state index in [0.29, 0.717) is 0 Å². The van der Waals surface area contributed by atoms with E-state index in [0.717, 1.165) is 32.5 Å². The predicted molar refractivity (Wildman–Crippen MR) is 76.9 cm³/mol. The molecule has 2 fully saturated rings. The fraction of sp³-hybridized carbons (Fsp3) is 0.733. The monoisotopic (exact) mass is 276 g/mol. The van der Waals surface area contributed by atoms with Gasteiger partial charge in [0.05, 0.1) is 6.20 Å². The zero-order valence-electron chi connectivity index (χ0n) is 12.4. The lowest BCUT2D eigenvalue weighted by Crippen LogP contribution is -2.39. The molecule has 3 rings (SSSR count). The lowest BCUT2D eigenvalue weighted by molar-refractivity contribution is -0.127. The molecule has 0 aromatic carbocycles. The summed E-state index contributed by atoms with van der Waals surface area (Å²) in [5.41, 5.74) is 1.49. The van der Waals surface area contributed by atoms with Gasteiger partial charge in [-0.25, -0.2) is 0 Å². The second kappa shape index (κ2) is 5.20. The summed E-state index contributed by atoms with van der Waals surface area (Å²) in [6.45, 7) is 3.11. The molecular weight excluding hydrogens is 252 g/mol. The van der Waals surface area contributed by atoms with Crippen LogP contribution in [0.4, 0.5) is 0 Å². The number of likely N-dealkylation sites (tertiary alicyclic amines) is 1. The number of nitrogens with one attached hydrogen (secondary N) is 1. The maximum absolute atomic E-state index is 12.1. The molecule has 2 heterocycles. The first-order chi connectivity index (χ1) is 9.63. The van der Waals surface area contributed by atoms with Crippen molar-refractivity contribution in [2.75, 3.05) is 20.1 Å². The fourth-order valence-corrected chi connectivity index (χ4v) is 4.14. The highest BCUT2D eigenvalue weighted by atomic mass is 16.1. The van der Waals surface area contributed by atoms with Gasteiger partial charge in [-0.1, -0.05) is 6.42 Å². The van der Waals surface area contributed by atoms with Crippen molar-refractivity contribution < 1.29 is 4.79 Å². The molecule has 0 unspecified atom stereocenters. The SMILES string of the molecule is CNC(=O)[C@H]1CCC[C@@]12CCN(Cc1cnn(C)c1)C2. The summed E-state index contributed by atoms with van der Waals surface area (Å²) in [4.78, 5) is 14.6. The molecule has 1 aromatic heterocycles. The Labute approximate surface area is 120 Å². The summed E-state index contributed by atoms with van der Waals surface area (Å²) >= 11 is 0. The van der Waals surface area contributed by atoms with E-state index in [4.69, 9.17) is 0 Å². The van der Waals surface area contributed by atoms with Crippen LogP contribution in [0.15, 0.2) is 12.4 Å². The molecule has 1 aromatic rings. The minimum Gasteiger partial charge on any atom is -0.359 e. The normalized spacial score (nSPS) is 30.2. The van der Waals surface area contributed by atoms with E-state index in [2.05, 4.69) is 21.5 Å². The van der Waals surface area contributed by atoms with Gasteiger partial charge in [-0.15, -0.1) is 0 Å². The van der Waals surface area contributed by atoms with Gasteiger partial charge < -0.3 is 5.32 Å². The molecule has 1 aliphatic carbocycles. The minimum absolute atomic E-state index is 0.214. The van der Waals surface area contributed by atoms with Crippen LogP contribution in [0.3, 0.4) is 0 Å². The third kappa shape index (κ3) is 2.35. The molecule has 5 nitrogen and oxygen atoms in total. The van der Waals surface area contributed by atoms with E-state index in [1.807, 2.05) is 17.9 Å². The molecule has 1 aliphatic heterocycles. The first-order valence-electron chi connectivity index (χ1n) is 7.54. The summed E-state index contributed by atoms with van der Waals surface area (Å²) in [6.07, 6.45) is 8.63. The van der Waals surface area contributed by atoms with Gasteiger partial charge >= 0.3 is 0 Å². The van der Waals surface area contributed by atoms with E-state index in [9.17, 15) is 4.79 Å². The molecule has 0 bridgehead atoms. The van der Waals surface area contributed by atoms with Gasteiger partial charge in [0, 0.05) is 44.9 Å². The first kappa shape index (κ1) is 13.6. The molecule has 1 N–H and O–H groups in total. The Morgan fingerprint density at radius 1 is 1.55 bits per heavy atom. The van der Waals surface area contributed by atoms with Gasteiger partial charge in [0.2, 0.25) is 5.91 Å².